The topological polar surface area (TPSA) is 57.4 Å². The number of nitrogens with two attached hydrogens (primary N) is 1. The number of aromatic nitrogens is 1. The maximum absolute atomic E-state index is 5.64. The second-order valence-corrected chi connectivity index (χ2v) is 3.50. The minimum absolute atomic E-state index is 0.0189. The average molecular weight is 210 g/mol. The third-order valence-corrected chi connectivity index (χ3v) is 2.01. The molecule has 1 heterocycles. The zero-order valence-electron chi connectivity index (χ0n) is 9.49. The lowest BCUT2D eigenvalue weighted by molar-refractivity contribution is 0.0881. The fourth-order valence-corrected chi connectivity index (χ4v) is 1.28. The van der Waals surface area contributed by atoms with Gasteiger partial charge >= 0.3 is 0 Å². The Morgan fingerprint density at radius 3 is 2.80 bits per heavy atom. The standard InChI is InChI=1S/C11H18N2O2/c1-8-4-5-10(6-12)11(13-8)15-9(2)7-14-3/h4-5,9H,6-7,12H2,1-3H3. The predicted octanol–water partition coefficient (Wildman–Crippen LogP) is 1.26. The number of methoxy groups -OCH3 is 1. The third kappa shape index (κ3) is 3.49. The van der Waals surface area contributed by atoms with Crippen LogP contribution in [0.3, 0.4) is 0 Å². The monoisotopic (exact) mass is 210 g/mol. The van der Waals surface area contributed by atoms with Crippen molar-refractivity contribution in [2.24, 2.45) is 5.73 Å². The largest absolute Gasteiger partial charge is 0.472 e. The molecule has 1 unspecified atom stereocenters. The number of rotatable bonds is 5. The molecule has 0 aliphatic heterocycles. The van der Waals surface area contributed by atoms with E-state index < -0.39 is 0 Å². The number of ether oxygens (including phenoxy) is 2. The summed E-state index contributed by atoms with van der Waals surface area (Å²) in [6, 6.07) is 3.87. The molecule has 1 aromatic rings. The van der Waals surface area contributed by atoms with Crippen molar-refractivity contribution in [1.29, 1.82) is 0 Å². The fourth-order valence-electron chi connectivity index (χ4n) is 1.28. The molecule has 1 atom stereocenters. The molecule has 0 fully saturated rings. The van der Waals surface area contributed by atoms with Crippen LogP contribution in [0.15, 0.2) is 12.1 Å². The Labute approximate surface area is 90.4 Å². The summed E-state index contributed by atoms with van der Waals surface area (Å²) in [5.74, 6) is 0.613. The van der Waals surface area contributed by atoms with Gasteiger partial charge in [-0.05, 0) is 19.9 Å². The molecule has 0 aliphatic carbocycles. The minimum Gasteiger partial charge on any atom is -0.472 e. The van der Waals surface area contributed by atoms with Gasteiger partial charge in [0.05, 0.1) is 6.61 Å². The van der Waals surface area contributed by atoms with Gasteiger partial charge in [-0.3, -0.25) is 0 Å². The molecular formula is C11H18N2O2. The van der Waals surface area contributed by atoms with Gasteiger partial charge in [0.2, 0.25) is 5.88 Å². The van der Waals surface area contributed by atoms with Gasteiger partial charge in [-0.25, -0.2) is 4.98 Å². The quantitative estimate of drug-likeness (QED) is 0.795. The van der Waals surface area contributed by atoms with Gasteiger partial charge in [0.25, 0.3) is 0 Å². The summed E-state index contributed by atoms with van der Waals surface area (Å²) in [5, 5.41) is 0. The first-order valence-electron chi connectivity index (χ1n) is 4.99. The number of aryl methyl sites for hydroxylation is 1. The molecule has 0 radical (unpaired) electrons. The summed E-state index contributed by atoms with van der Waals surface area (Å²) in [5.41, 5.74) is 7.44. The predicted molar refractivity (Wildman–Crippen MR) is 58.8 cm³/mol. The maximum atomic E-state index is 5.64. The van der Waals surface area contributed by atoms with Crippen LogP contribution in [0.1, 0.15) is 18.2 Å². The van der Waals surface area contributed by atoms with Crippen LogP contribution in [-0.4, -0.2) is 24.8 Å². The van der Waals surface area contributed by atoms with Crippen LogP contribution < -0.4 is 10.5 Å². The SMILES string of the molecule is COCC(C)Oc1nc(C)ccc1CN. The fraction of sp³-hybridized carbons (Fsp3) is 0.545. The van der Waals surface area contributed by atoms with Gasteiger partial charge in [0, 0.05) is 24.9 Å². The van der Waals surface area contributed by atoms with Crippen LogP contribution in [0.2, 0.25) is 0 Å². The van der Waals surface area contributed by atoms with Gasteiger partial charge in [-0.2, -0.15) is 0 Å². The molecular weight excluding hydrogens is 192 g/mol. The van der Waals surface area contributed by atoms with Gasteiger partial charge < -0.3 is 15.2 Å². The zero-order chi connectivity index (χ0) is 11.3. The maximum Gasteiger partial charge on any atom is 0.218 e. The lowest BCUT2D eigenvalue weighted by Gasteiger charge is -2.15. The molecule has 0 amide bonds. The van der Waals surface area contributed by atoms with Crippen molar-refractivity contribution in [3.05, 3.63) is 23.4 Å². The van der Waals surface area contributed by atoms with Gasteiger partial charge in [0.15, 0.2) is 0 Å². The second-order valence-electron chi connectivity index (χ2n) is 3.50. The average Bonchev–Trinajstić information content (AvgIpc) is 2.18. The first kappa shape index (κ1) is 11.9. The van der Waals surface area contributed by atoms with E-state index in [0.29, 0.717) is 19.0 Å². The van der Waals surface area contributed by atoms with E-state index in [0.717, 1.165) is 11.3 Å². The molecule has 1 aromatic heterocycles. The summed E-state index contributed by atoms with van der Waals surface area (Å²) < 4.78 is 10.6. The van der Waals surface area contributed by atoms with E-state index in [1.165, 1.54) is 0 Å². The Balaban J connectivity index is 2.77. The molecule has 0 aliphatic rings. The van der Waals surface area contributed by atoms with E-state index in [1.807, 2.05) is 26.0 Å². The van der Waals surface area contributed by atoms with E-state index >= 15 is 0 Å². The van der Waals surface area contributed by atoms with Crippen molar-refractivity contribution in [2.45, 2.75) is 26.5 Å². The molecule has 0 saturated carbocycles. The molecule has 4 nitrogen and oxygen atoms in total. The van der Waals surface area contributed by atoms with Crippen molar-refractivity contribution in [3.63, 3.8) is 0 Å². The van der Waals surface area contributed by atoms with Crippen LogP contribution >= 0.6 is 0 Å². The van der Waals surface area contributed by atoms with Crippen molar-refractivity contribution in [3.8, 4) is 5.88 Å². The molecule has 4 heteroatoms. The Hall–Kier alpha value is -1.13. The van der Waals surface area contributed by atoms with Crippen LogP contribution in [0.25, 0.3) is 0 Å². The normalized spacial score (nSPS) is 12.5. The Morgan fingerprint density at radius 2 is 2.20 bits per heavy atom. The summed E-state index contributed by atoms with van der Waals surface area (Å²) in [4.78, 5) is 4.31. The first-order valence-corrected chi connectivity index (χ1v) is 4.99. The van der Waals surface area contributed by atoms with E-state index in [-0.39, 0.29) is 6.10 Å². The second kappa shape index (κ2) is 5.68. The lowest BCUT2D eigenvalue weighted by atomic mass is 10.2. The summed E-state index contributed by atoms with van der Waals surface area (Å²) in [6.07, 6.45) is -0.0189. The number of hydrogen-bond acceptors (Lipinski definition) is 4. The van der Waals surface area contributed by atoms with Crippen molar-refractivity contribution >= 4 is 0 Å². The smallest absolute Gasteiger partial charge is 0.218 e. The highest BCUT2D eigenvalue weighted by atomic mass is 16.5. The molecule has 84 valence electrons. The molecule has 0 bridgehead atoms. The van der Waals surface area contributed by atoms with Crippen molar-refractivity contribution in [1.82, 2.24) is 4.98 Å². The van der Waals surface area contributed by atoms with Gasteiger partial charge in [0.1, 0.15) is 6.10 Å². The van der Waals surface area contributed by atoms with Crippen molar-refractivity contribution in [2.75, 3.05) is 13.7 Å². The highest BCUT2D eigenvalue weighted by molar-refractivity contribution is 5.27. The molecule has 1 rings (SSSR count). The van der Waals surface area contributed by atoms with Crippen molar-refractivity contribution < 1.29 is 9.47 Å². The Morgan fingerprint density at radius 1 is 1.47 bits per heavy atom. The highest BCUT2D eigenvalue weighted by Gasteiger charge is 2.09. The third-order valence-electron chi connectivity index (χ3n) is 2.01. The van der Waals surface area contributed by atoms with Crippen LogP contribution in [0.4, 0.5) is 0 Å². The minimum atomic E-state index is -0.0189. The van der Waals surface area contributed by atoms with Gasteiger partial charge in [-0.1, -0.05) is 6.07 Å². The molecule has 15 heavy (non-hydrogen) atoms. The van der Waals surface area contributed by atoms with Crippen LogP contribution in [0.5, 0.6) is 5.88 Å². The molecule has 0 spiro atoms. The Bertz CT molecular complexity index is 315. The number of nitrogens with zero attached hydrogens (tertiary/aromatic N) is 1. The van der Waals surface area contributed by atoms with E-state index in [4.69, 9.17) is 15.2 Å². The number of hydrogen-bond donors (Lipinski definition) is 1. The van der Waals surface area contributed by atoms with E-state index in [2.05, 4.69) is 4.98 Å². The first-order chi connectivity index (χ1) is 7.17. The Kier molecular flexibility index (Phi) is 4.52. The zero-order valence-corrected chi connectivity index (χ0v) is 9.49. The lowest BCUT2D eigenvalue weighted by Crippen LogP contribution is -2.20. The van der Waals surface area contributed by atoms with E-state index in [9.17, 15) is 0 Å². The van der Waals surface area contributed by atoms with Crippen LogP contribution in [-0.2, 0) is 11.3 Å². The van der Waals surface area contributed by atoms with Gasteiger partial charge in [-0.15, -0.1) is 0 Å². The summed E-state index contributed by atoms with van der Waals surface area (Å²) in [6.45, 7) is 4.84. The summed E-state index contributed by atoms with van der Waals surface area (Å²) in [7, 11) is 1.65. The van der Waals surface area contributed by atoms with E-state index in [1.54, 1.807) is 7.11 Å². The molecule has 0 saturated heterocycles. The number of pyridine rings is 1. The summed E-state index contributed by atoms with van der Waals surface area (Å²) >= 11 is 0. The molecule has 0 aromatic carbocycles. The molecule has 2 N–H and O–H groups in total. The highest BCUT2D eigenvalue weighted by Crippen LogP contribution is 2.16. The van der Waals surface area contributed by atoms with Crippen LogP contribution in [0, 0.1) is 6.92 Å².